The van der Waals surface area contributed by atoms with Gasteiger partial charge in [0.05, 0.1) is 16.9 Å². The average molecular weight is 494 g/mol. The normalized spacial score (nSPS) is 11.0. The summed E-state index contributed by atoms with van der Waals surface area (Å²) in [5, 5.41) is 7.53. The van der Waals surface area contributed by atoms with Crippen LogP contribution in [-0.2, 0) is 4.79 Å². The van der Waals surface area contributed by atoms with E-state index in [-0.39, 0.29) is 18.1 Å². The Morgan fingerprint density at radius 3 is 2.49 bits per heavy atom. The van der Waals surface area contributed by atoms with E-state index in [0.717, 1.165) is 22.5 Å². The van der Waals surface area contributed by atoms with Gasteiger partial charge in [0.15, 0.2) is 18.0 Å². The zero-order valence-corrected chi connectivity index (χ0v) is 21.1. The third kappa shape index (κ3) is 4.86. The van der Waals surface area contributed by atoms with E-state index in [0.29, 0.717) is 34.0 Å². The second kappa shape index (κ2) is 9.73. The summed E-state index contributed by atoms with van der Waals surface area (Å²) in [4.78, 5) is 30.6. The van der Waals surface area contributed by atoms with Crippen LogP contribution in [0.25, 0.3) is 22.6 Å². The first kappa shape index (κ1) is 24.0. The van der Waals surface area contributed by atoms with Crippen molar-refractivity contribution < 1.29 is 9.53 Å². The molecule has 3 heterocycles. The fraction of sp³-hybridized carbons (Fsp3) is 0.172. The van der Waals surface area contributed by atoms with Gasteiger partial charge >= 0.3 is 0 Å². The van der Waals surface area contributed by atoms with E-state index in [1.807, 2.05) is 80.1 Å². The van der Waals surface area contributed by atoms with Gasteiger partial charge in [0.2, 0.25) is 0 Å². The number of hydrogen-bond acceptors (Lipinski definition) is 5. The summed E-state index contributed by atoms with van der Waals surface area (Å²) in [6.45, 7) is 7.52. The highest BCUT2D eigenvalue weighted by molar-refractivity contribution is 5.92. The van der Waals surface area contributed by atoms with E-state index in [2.05, 4.69) is 10.3 Å². The van der Waals surface area contributed by atoms with Crippen LogP contribution in [0.2, 0.25) is 0 Å². The molecule has 0 unspecified atom stereocenters. The van der Waals surface area contributed by atoms with Crippen LogP contribution in [0, 0.1) is 27.7 Å². The van der Waals surface area contributed by atoms with Gasteiger partial charge in [-0.2, -0.15) is 5.10 Å². The Hall–Kier alpha value is -4.72. The molecule has 0 aliphatic heterocycles. The van der Waals surface area contributed by atoms with Gasteiger partial charge in [-0.25, -0.2) is 9.67 Å². The summed E-state index contributed by atoms with van der Waals surface area (Å²) in [5.74, 6) is 0.0356. The van der Waals surface area contributed by atoms with Crippen LogP contribution in [0.4, 0.5) is 5.69 Å². The molecule has 3 aromatic heterocycles. The van der Waals surface area contributed by atoms with Crippen LogP contribution in [0.3, 0.4) is 0 Å². The highest BCUT2D eigenvalue weighted by Gasteiger charge is 2.19. The van der Waals surface area contributed by atoms with Crippen molar-refractivity contribution in [3.63, 3.8) is 0 Å². The molecular weight excluding hydrogens is 466 g/mol. The number of ether oxygens (including phenoxy) is 1. The predicted octanol–water partition coefficient (Wildman–Crippen LogP) is 4.80. The minimum absolute atomic E-state index is 0.218. The monoisotopic (exact) mass is 493 g/mol. The Labute approximate surface area is 214 Å². The Balaban J connectivity index is 1.44. The standard InChI is InChI=1S/C29H27N5O3/c1-18-10-12-22(13-11-18)31-26(35)17-37-25-9-6-14-33-28(25)30-21(4)27(29(33)36)24-16-20(3)34(32-24)23-8-5-7-19(2)15-23/h5-16H,17H2,1-4H3,(H,31,35). The molecule has 37 heavy (non-hydrogen) atoms. The summed E-state index contributed by atoms with van der Waals surface area (Å²) in [7, 11) is 0. The van der Waals surface area contributed by atoms with E-state index in [4.69, 9.17) is 9.84 Å². The van der Waals surface area contributed by atoms with Crippen LogP contribution in [0.15, 0.2) is 77.7 Å². The number of fused-ring (bicyclic) bond motifs is 1. The number of carbonyl (C=O) groups excluding carboxylic acids is 1. The molecule has 0 saturated heterocycles. The lowest BCUT2D eigenvalue weighted by Gasteiger charge is -2.12. The number of amides is 1. The summed E-state index contributed by atoms with van der Waals surface area (Å²) >= 11 is 0. The van der Waals surface area contributed by atoms with Gasteiger partial charge in [0.1, 0.15) is 5.69 Å². The van der Waals surface area contributed by atoms with E-state index in [1.54, 1.807) is 25.3 Å². The van der Waals surface area contributed by atoms with Crippen LogP contribution >= 0.6 is 0 Å². The largest absolute Gasteiger partial charge is 0.480 e. The van der Waals surface area contributed by atoms with Gasteiger partial charge in [-0.1, -0.05) is 29.8 Å². The van der Waals surface area contributed by atoms with Crippen LogP contribution < -0.4 is 15.6 Å². The fourth-order valence-electron chi connectivity index (χ4n) is 4.25. The van der Waals surface area contributed by atoms with Crippen molar-refractivity contribution in [3.05, 3.63) is 106 Å². The van der Waals surface area contributed by atoms with Crippen LogP contribution in [0.1, 0.15) is 22.5 Å². The first-order valence-corrected chi connectivity index (χ1v) is 12.0. The number of aryl methyl sites for hydroxylation is 4. The number of benzene rings is 2. The number of pyridine rings is 1. The average Bonchev–Trinajstić information content (AvgIpc) is 3.25. The summed E-state index contributed by atoms with van der Waals surface area (Å²) in [5.41, 5.74) is 6.32. The molecule has 186 valence electrons. The molecule has 5 aromatic rings. The van der Waals surface area contributed by atoms with Gasteiger partial charge in [0.25, 0.3) is 11.5 Å². The number of aromatic nitrogens is 4. The lowest BCUT2D eigenvalue weighted by atomic mass is 10.1. The van der Waals surface area contributed by atoms with Crippen molar-refractivity contribution in [2.24, 2.45) is 0 Å². The molecule has 1 N–H and O–H groups in total. The second-order valence-corrected chi connectivity index (χ2v) is 9.07. The highest BCUT2D eigenvalue weighted by Crippen LogP contribution is 2.24. The number of hydrogen-bond donors (Lipinski definition) is 1. The van der Waals surface area contributed by atoms with Gasteiger partial charge in [-0.05, 0) is 75.7 Å². The fourth-order valence-corrected chi connectivity index (χ4v) is 4.25. The molecule has 0 aliphatic carbocycles. The zero-order chi connectivity index (χ0) is 26.1. The molecule has 0 spiro atoms. The molecule has 0 saturated carbocycles. The third-order valence-electron chi connectivity index (χ3n) is 6.08. The quantitative estimate of drug-likeness (QED) is 0.367. The molecule has 8 heteroatoms. The van der Waals surface area contributed by atoms with Crippen LogP contribution in [-0.4, -0.2) is 31.7 Å². The van der Waals surface area contributed by atoms with Crippen molar-refractivity contribution in [1.29, 1.82) is 0 Å². The SMILES string of the molecule is Cc1ccc(NC(=O)COc2cccn3c(=O)c(-c4cc(C)n(-c5cccc(C)c5)n4)c(C)nc23)cc1. The second-order valence-electron chi connectivity index (χ2n) is 9.07. The Kier molecular flexibility index (Phi) is 6.31. The Morgan fingerprint density at radius 2 is 1.73 bits per heavy atom. The van der Waals surface area contributed by atoms with Gasteiger partial charge in [0, 0.05) is 17.6 Å². The molecular formula is C29H27N5O3. The Bertz CT molecular complexity index is 1680. The molecule has 1 amide bonds. The van der Waals surface area contributed by atoms with Gasteiger partial charge in [-0.15, -0.1) is 0 Å². The number of rotatable bonds is 6. The molecule has 5 rings (SSSR count). The van der Waals surface area contributed by atoms with E-state index < -0.39 is 0 Å². The van der Waals surface area contributed by atoms with Crippen molar-refractivity contribution in [2.75, 3.05) is 11.9 Å². The van der Waals surface area contributed by atoms with Gasteiger partial charge in [-0.3, -0.25) is 14.0 Å². The molecule has 0 fully saturated rings. The first-order chi connectivity index (χ1) is 17.8. The lowest BCUT2D eigenvalue weighted by molar-refractivity contribution is -0.118. The maximum atomic E-state index is 13.6. The molecule has 0 bridgehead atoms. The lowest BCUT2D eigenvalue weighted by Crippen LogP contribution is -2.22. The minimum atomic E-state index is -0.307. The molecule has 2 aromatic carbocycles. The third-order valence-corrected chi connectivity index (χ3v) is 6.08. The maximum Gasteiger partial charge on any atom is 0.267 e. The van der Waals surface area contributed by atoms with Crippen molar-refractivity contribution in [3.8, 4) is 22.7 Å². The smallest absolute Gasteiger partial charge is 0.267 e. The molecule has 0 radical (unpaired) electrons. The van der Waals surface area contributed by atoms with E-state index in [1.165, 1.54) is 4.40 Å². The molecule has 8 nitrogen and oxygen atoms in total. The Morgan fingerprint density at radius 1 is 0.946 bits per heavy atom. The zero-order valence-electron chi connectivity index (χ0n) is 21.1. The summed E-state index contributed by atoms with van der Waals surface area (Å²) in [6.07, 6.45) is 1.64. The number of anilines is 1. The van der Waals surface area contributed by atoms with Gasteiger partial charge < -0.3 is 10.1 Å². The number of carbonyl (C=O) groups is 1. The summed E-state index contributed by atoms with van der Waals surface area (Å²) < 4.78 is 9.02. The molecule has 0 aliphatic rings. The predicted molar refractivity (Wildman–Crippen MR) is 144 cm³/mol. The van der Waals surface area contributed by atoms with E-state index in [9.17, 15) is 9.59 Å². The maximum absolute atomic E-state index is 13.6. The first-order valence-electron chi connectivity index (χ1n) is 12.0. The minimum Gasteiger partial charge on any atom is -0.480 e. The van der Waals surface area contributed by atoms with Crippen molar-refractivity contribution in [2.45, 2.75) is 27.7 Å². The number of nitrogens with one attached hydrogen (secondary N) is 1. The van der Waals surface area contributed by atoms with Crippen molar-refractivity contribution in [1.82, 2.24) is 19.2 Å². The topological polar surface area (TPSA) is 90.5 Å². The summed E-state index contributed by atoms with van der Waals surface area (Å²) in [6, 6.07) is 20.8. The highest BCUT2D eigenvalue weighted by atomic mass is 16.5. The van der Waals surface area contributed by atoms with Crippen molar-refractivity contribution >= 4 is 17.2 Å². The van der Waals surface area contributed by atoms with Crippen LogP contribution in [0.5, 0.6) is 5.75 Å². The molecule has 0 atom stereocenters. The number of nitrogens with zero attached hydrogens (tertiary/aromatic N) is 4. The van der Waals surface area contributed by atoms with E-state index >= 15 is 0 Å².